The molecule has 2 atom stereocenters. The summed E-state index contributed by atoms with van der Waals surface area (Å²) in [6.45, 7) is 12.4. The Morgan fingerprint density at radius 3 is 2.38 bits per heavy atom. The van der Waals surface area contributed by atoms with E-state index in [2.05, 4.69) is 32.2 Å². The summed E-state index contributed by atoms with van der Waals surface area (Å²) < 4.78 is 5.25. The molecule has 42 heavy (non-hydrogen) atoms. The monoisotopic (exact) mass is 566 g/mol. The lowest BCUT2D eigenvalue weighted by molar-refractivity contribution is -0.143. The van der Waals surface area contributed by atoms with Gasteiger partial charge in [0, 0.05) is 52.8 Å². The number of nitrogens with zero attached hydrogens (tertiary/aromatic N) is 3. The van der Waals surface area contributed by atoms with Gasteiger partial charge >= 0.3 is 5.97 Å². The molecule has 0 amide bonds. The molecule has 1 aliphatic carbocycles. The smallest absolute Gasteiger partial charge is 0.305 e. The van der Waals surface area contributed by atoms with E-state index < -0.39 is 0 Å². The number of hydrogen-bond donors (Lipinski definition) is 3. The number of aliphatic hydroxyl groups is 2. The van der Waals surface area contributed by atoms with Crippen molar-refractivity contribution in [3.8, 4) is 0 Å². The maximum Gasteiger partial charge on any atom is 0.305 e. The molecule has 218 valence electrons. The van der Waals surface area contributed by atoms with Crippen LogP contribution in [0.4, 0.5) is 0 Å². The molecule has 6 aliphatic rings. The Balaban J connectivity index is 1.57. The third-order valence-corrected chi connectivity index (χ3v) is 9.31. The highest BCUT2D eigenvalue weighted by Crippen LogP contribution is 2.46. The third-order valence-electron chi connectivity index (χ3n) is 9.31. The maximum atomic E-state index is 12.4. The molecule has 1 saturated heterocycles. The SMILES string of the molecule is CCOC(=O)CC[C@@H]1C2=C3CC(O)=C4C3=NC(=C4C)C=C3N=C(C=C4N=C(C=C(N2)[C@H]1C)C(C)=C4CO)C(C)=C3CC. The van der Waals surface area contributed by atoms with Gasteiger partial charge in [0.25, 0.3) is 0 Å². The number of esters is 1. The number of fused-ring (bicyclic) bond motifs is 5. The van der Waals surface area contributed by atoms with Crippen molar-refractivity contribution in [3.05, 3.63) is 91.5 Å². The molecule has 0 unspecified atom stereocenters. The van der Waals surface area contributed by atoms with Crippen LogP contribution in [0.5, 0.6) is 0 Å². The molecule has 5 heterocycles. The second-order valence-electron chi connectivity index (χ2n) is 11.6. The van der Waals surface area contributed by atoms with Gasteiger partial charge in [0.2, 0.25) is 0 Å². The highest BCUT2D eigenvalue weighted by atomic mass is 16.5. The summed E-state index contributed by atoms with van der Waals surface area (Å²) in [5.74, 6) is 0.160. The van der Waals surface area contributed by atoms with Crippen molar-refractivity contribution < 1.29 is 19.7 Å². The zero-order chi connectivity index (χ0) is 29.9. The second-order valence-corrected chi connectivity index (χ2v) is 11.6. The fourth-order valence-electron chi connectivity index (χ4n) is 6.86. The minimum absolute atomic E-state index is 0.00126. The number of ether oxygens (including phenoxy) is 1. The lowest BCUT2D eigenvalue weighted by Gasteiger charge is -2.17. The molecule has 1 fully saturated rings. The molecule has 5 aliphatic heterocycles. The van der Waals surface area contributed by atoms with Gasteiger partial charge in [-0.25, -0.2) is 15.0 Å². The first-order chi connectivity index (χ1) is 20.2. The molecule has 0 radical (unpaired) electrons. The minimum Gasteiger partial charge on any atom is -0.511 e. The van der Waals surface area contributed by atoms with Crippen LogP contribution in [-0.4, -0.2) is 46.5 Å². The van der Waals surface area contributed by atoms with E-state index in [1.165, 1.54) is 0 Å². The molecule has 8 bridgehead atoms. The molecule has 0 aromatic carbocycles. The quantitative estimate of drug-likeness (QED) is 0.342. The van der Waals surface area contributed by atoms with Gasteiger partial charge in [0.1, 0.15) is 5.76 Å². The number of aliphatic hydroxyl groups excluding tert-OH is 2. The number of carbonyl (C=O) groups excluding carboxylic acids is 1. The van der Waals surface area contributed by atoms with Gasteiger partial charge in [0.05, 0.1) is 47.4 Å². The predicted molar refractivity (Wildman–Crippen MR) is 165 cm³/mol. The Kier molecular flexibility index (Phi) is 7.13. The van der Waals surface area contributed by atoms with Crippen molar-refractivity contribution in [2.75, 3.05) is 13.2 Å². The average molecular weight is 567 g/mol. The van der Waals surface area contributed by atoms with E-state index in [0.717, 1.165) is 91.1 Å². The van der Waals surface area contributed by atoms with Crippen molar-refractivity contribution in [2.24, 2.45) is 26.8 Å². The van der Waals surface area contributed by atoms with E-state index in [4.69, 9.17) is 19.7 Å². The zero-order valence-electron chi connectivity index (χ0n) is 25.2. The molecular formula is C34H38N4O4. The number of allylic oxidation sites excluding steroid dienone is 11. The van der Waals surface area contributed by atoms with Crippen molar-refractivity contribution in [1.29, 1.82) is 0 Å². The van der Waals surface area contributed by atoms with Crippen molar-refractivity contribution >= 4 is 23.1 Å². The van der Waals surface area contributed by atoms with Crippen LogP contribution in [0, 0.1) is 11.8 Å². The van der Waals surface area contributed by atoms with E-state index in [1.54, 1.807) is 0 Å². The zero-order valence-corrected chi connectivity index (χ0v) is 25.2. The first-order valence-electron chi connectivity index (χ1n) is 14.9. The Labute approximate surface area is 246 Å². The van der Waals surface area contributed by atoms with E-state index in [-0.39, 0.29) is 24.4 Å². The average Bonchev–Trinajstić information content (AvgIpc) is 3.70. The topological polar surface area (TPSA) is 116 Å². The lowest BCUT2D eigenvalue weighted by Crippen LogP contribution is -2.16. The standard InChI is InChI=1S/C34H38N4O4/c1-7-20-16(3)25-13-29-23(15-39)18(5)24(36-29)12-26-17(4)21(9-10-31(41)42-8-2)33(37-26)22-11-30(40)32-19(6)27(38-34(22)32)14-28(20)35-25/h12-14,17,21,37,39-40H,7-11,15H2,1-6H3/t17-,21-/m0/s1. The summed E-state index contributed by atoms with van der Waals surface area (Å²) in [4.78, 5) is 27.4. The van der Waals surface area contributed by atoms with Crippen LogP contribution in [0.15, 0.2) is 106 Å². The number of hydrogen-bond acceptors (Lipinski definition) is 8. The molecule has 0 aromatic rings. The maximum absolute atomic E-state index is 12.4. The summed E-state index contributed by atoms with van der Waals surface area (Å²) in [5.41, 5.74) is 13.4. The molecule has 6 rings (SSSR count). The summed E-state index contributed by atoms with van der Waals surface area (Å²) >= 11 is 0. The number of carbonyl (C=O) groups is 1. The van der Waals surface area contributed by atoms with Crippen molar-refractivity contribution in [3.63, 3.8) is 0 Å². The summed E-state index contributed by atoms with van der Waals surface area (Å²) in [6, 6.07) is 0. The normalized spacial score (nSPS) is 24.7. The Morgan fingerprint density at radius 1 is 1.00 bits per heavy atom. The van der Waals surface area contributed by atoms with Crippen LogP contribution in [0.1, 0.15) is 67.2 Å². The van der Waals surface area contributed by atoms with Gasteiger partial charge in [-0.3, -0.25) is 4.79 Å². The van der Waals surface area contributed by atoms with Gasteiger partial charge < -0.3 is 20.3 Å². The van der Waals surface area contributed by atoms with Gasteiger partial charge in [-0.1, -0.05) is 13.8 Å². The molecule has 3 N–H and O–H groups in total. The molecule has 0 spiro atoms. The summed E-state index contributed by atoms with van der Waals surface area (Å²) in [6.07, 6.45) is 8.15. The first kappa shape index (κ1) is 28.1. The van der Waals surface area contributed by atoms with Gasteiger partial charge in [-0.15, -0.1) is 0 Å². The molecule has 8 nitrogen and oxygen atoms in total. The highest BCUT2D eigenvalue weighted by Gasteiger charge is 2.41. The van der Waals surface area contributed by atoms with Crippen molar-refractivity contribution in [2.45, 2.75) is 67.2 Å². The van der Waals surface area contributed by atoms with Crippen LogP contribution in [0.2, 0.25) is 0 Å². The molecule has 8 heteroatoms. The van der Waals surface area contributed by atoms with Crippen LogP contribution in [0.25, 0.3) is 0 Å². The largest absolute Gasteiger partial charge is 0.511 e. The first-order valence-corrected chi connectivity index (χ1v) is 14.9. The van der Waals surface area contributed by atoms with Gasteiger partial charge in [-0.2, -0.15) is 0 Å². The number of rotatable bonds is 6. The van der Waals surface area contributed by atoms with Crippen LogP contribution >= 0.6 is 0 Å². The van der Waals surface area contributed by atoms with E-state index in [0.29, 0.717) is 31.6 Å². The fourth-order valence-corrected chi connectivity index (χ4v) is 6.86. The summed E-state index contributed by atoms with van der Waals surface area (Å²) in [5, 5.41) is 25.2. The Hall–Kier alpha value is -4.04. The summed E-state index contributed by atoms with van der Waals surface area (Å²) in [7, 11) is 0. The van der Waals surface area contributed by atoms with E-state index in [9.17, 15) is 15.0 Å². The van der Waals surface area contributed by atoms with E-state index in [1.807, 2.05) is 32.9 Å². The van der Waals surface area contributed by atoms with E-state index >= 15 is 0 Å². The molecule has 0 aromatic heterocycles. The molecular weight excluding hydrogens is 528 g/mol. The second kappa shape index (κ2) is 10.7. The number of aliphatic imine (C=N–C) groups is 3. The fraction of sp³-hybridized carbons (Fsp3) is 0.412. The van der Waals surface area contributed by atoms with Gasteiger partial charge in [0.15, 0.2) is 0 Å². The Bertz CT molecular complexity index is 1670. The molecule has 0 saturated carbocycles. The van der Waals surface area contributed by atoms with Crippen LogP contribution in [0.3, 0.4) is 0 Å². The highest BCUT2D eigenvalue weighted by molar-refractivity contribution is 6.21. The minimum atomic E-state index is -0.213. The van der Waals surface area contributed by atoms with Crippen LogP contribution in [-0.2, 0) is 9.53 Å². The van der Waals surface area contributed by atoms with Crippen molar-refractivity contribution in [1.82, 2.24) is 5.32 Å². The third kappa shape index (κ3) is 4.40. The van der Waals surface area contributed by atoms with Gasteiger partial charge in [-0.05, 0) is 81.1 Å². The lowest BCUT2D eigenvalue weighted by atomic mass is 9.86. The van der Waals surface area contributed by atoms with Crippen LogP contribution < -0.4 is 5.32 Å². The number of nitrogens with one attached hydrogen (secondary N) is 1. The Morgan fingerprint density at radius 2 is 1.69 bits per heavy atom. The predicted octanol–water partition coefficient (Wildman–Crippen LogP) is 5.99.